The predicted octanol–water partition coefficient (Wildman–Crippen LogP) is -0.316. The third-order valence-electron chi connectivity index (χ3n) is 1.98. The van der Waals surface area contributed by atoms with E-state index in [2.05, 4.69) is 17.3 Å². The molecule has 1 amide bonds. The number of carbonyl (C=O) groups excluding carboxylic acids is 1. The van der Waals surface area contributed by atoms with Gasteiger partial charge in [-0.25, -0.2) is 0 Å². The third kappa shape index (κ3) is 1.99. The average molecular weight is 142 g/mol. The normalized spacial score (nSPS) is 26.7. The van der Waals surface area contributed by atoms with E-state index in [4.69, 9.17) is 0 Å². The second kappa shape index (κ2) is 3.56. The van der Waals surface area contributed by atoms with E-state index in [-0.39, 0.29) is 0 Å². The summed E-state index contributed by atoms with van der Waals surface area (Å²) in [7, 11) is 2.11. The summed E-state index contributed by atoms with van der Waals surface area (Å²) in [5.41, 5.74) is 0. The van der Waals surface area contributed by atoms with Crippen LogP contribution in [0, 0.1) is 5.92 Å². The Labute approximate surface area is 61.4 Å². The zero-order chi connectivity index (χ0) is 7.40. The predicted molar refractivity (Wildman–Crippen MR) is 39.7 cm³/mol. The summed E-state index contributed by atoms with van der Waals surface area (Å²) in [5, 5.41) is 2.70. The fourth-order valence-corrected chi connectivity index (χ4v) is 1.41. The number of rotatable bonds is 3. The molecule has 1 fully saturated rings. The Morgan fingerprint density at radius 1 is 1.80 bits per heavy atom. The van der Waals surface area contributed by atoms with Gasteiger partial charge in [0.05, 0.1) is 0 Å². The molecule has 0 bridgehead atoms. The van der Waals surface area contributed by atoms with Crippen molar-refractivity contribution in [1.82, 2.24) is 10.2 Å². The fourth-order valence-electron chi connectivity index (χ4n) is 1.41. The quantitative estimate of drug-likeness (QED) is 0.548. The third-order valence-corrected chi connectivity index (χ3v) is 1.98. The lowest BCUT2D eigenvalue weighted by Crippen LogP contribution is -2.23. The molecule has 1 saturated heterocycles. The summed E-state index contributed by atoms with van der Waals surface area (Å²) < 4.78 is 0. The second-order valence-electron chi connectivity index (χ2n) is 2.94. The monoisotopic (exact) mass is 142 g/mol. The van der Waals surface area contributed by atoms with E-state index in [9.17, 15) is 4.79 Å². The Morgan fingerprint density at radius 2 is 2.60 bits per heavy atom. The minimum Gasteiger partial charge on any atom is -0.358 e. The maximum absolute atomic E-state index is 9.92. The van der Waals surface area contributed by atoms with Crippen molar-refractivity contribution in [2.45, 2.75) is 6.42 Å². The van der Waals surface area contributed by atoms with Crippen molar-refractivity contribution in [3.05, 3.63) is 0 Å². The van der Waals surface area contributed by atoms with Crippen LogP contribution in [0.4, 0.5) is 0 Å². The van der Waals surface area contributed by atoms with E-state index in [1.807, 2.05) is 0 Å². The van der Waals surface area contributed by atoms with Crippen LogP contribution < -0.4 is 5.32 Å². The lowest BCUT2D eigenvalue weighted by Gasteiger charge is -2.08. The van der Waals surface area contributed by atoms with Gasteiger partial charge in [-0.3, -0.25) is 4.79 Å². The SMILES string of the molecule is CN1CCC(CNC=O)C1. The van der Waals surface area contributed by atoms with E-state index in [1.165, 1.54) is 13.0 Å². The molecule has 0 aromatic rings. The molecule has 1 aliphatic rings. The van der Waals surface area contributed by atoms with Gasteiger partial charge in [0.25, 0.3) is 0 Å². The van der Waals surface area contributed by atoms with Gasteiger partial charge in [-0.05, 0) is 25.9 Å². The molecule has 1 N–H and O–H groups in total. The molecule has 0 aromatic carbocycles. The summed E-state index contributed by atoms with van der Waals surface area (Å²) in [6.07, 6.45) is 2.00. The van der Waals surface area contributed by atoms with Crippen LogP contribution in [0.2, 0.25) is 0 Å². The Kier molecular flexibility index (Phi) is 2.68. The number of hydrogen-bond donors (Lipinski definition) is 1. The lowest BCUT2D eigenvalue weighted by molar-refractivity contribution is -0.109. The zero-order valence-corrected chi connectivity index (χ0v) is 6.34. The highest BCUT2D eigenvalue weighted by Crippen LogP contribution is 2.12. The Balaban J connectivity index is 2.12. The molecule has 1 rings (SSSR count). The van der Waals surface area contributed by atoms with Crippen LogP contribution in [0.25, 0.3) is 0 Å². The first-order valence-electron chi connectivity index (χ1n) is 3.68. The van der Waals surface area contributed by atoms with Crippen LogP contribution >= 0.6 is 0 Å². The van der Waals surface area contributed by atoms with E-state index in [1.54, 1.807) is 0 Å². The van der Waals surface area contributed by atoms with E-state index in [0.29, 0.717) is 5.92 Å². The number of nitrogens with one attached hydrogen (secondary N) is 1. The standard InChI is InChI=1S/C7H14N2O/c1-9-3-2-7(5-9)4-8-6-10/h6-7H,2-5H2,1H3,(H,8,10). The van der Waals surface area contributed by atoms with Crippen LogP contribution in [0.1, 0.15) is 6.42 Å². The van der Waals surface area contributed by atoms with E-state index in [0.717, 1.165) is 19.5 Å². The van der Waals surface area contributed by atoms with Crippen molar-refractivity contribution in [1.29, 1.82) is 0 Å². The summed E-state index contributed by atoms with van der Waals surface area (Å²) in [6, 6.07) is 0. The first-order valence-corrected chi connectivity index (χ1v) is 3.68. The maximum Gasteiger partial charge on any atom is 0.207 e. The van der Waals surface area contributed by atoms with Gasteiger partial charge >= 0.3 is 0 Å². The van der Waals surface area contributed by atoms with Gasteiger partial charge in [-0.15, -0.1) is 0 Å². The summed E-state index contributed by atoms with van der Waals surface area (Å²) in [5.74, 6) is 0.676. The molecule has 0 aliphatic carbocycles. The molecule has 1 unspecified atom stereocenters. The first-order chi connectivity index (χ1) is 4.83. The largest absolute Gasteiger partial charge is 0.358 e. The van der Waals surface area contributed by atoms with Gasteiger partial charge < -0.3 is 10.2 Å². The van der Waals surface area contributed by atoms with E-state index >= 15 is 0 Å². The molecule has 1 aliphatic heterocycles. The molecule has 1 atom stereocenters. The zero-order valence-electron chi connectivity index (χ0n) is 6.34. The van der Waals surface area contributed by atoms with Crippen molar-refractivity contribution >= 4 is 6.41 Å². The molecule has 10 heavy (non-hydrogen) atoms. The van der Waals surface area contributed by atoms with Crippen molar-refractivity contribution in [3.63, 3.8) is 0 Å². The molecule has 0 aromatic heterocycles. The molecular weight excluding hydrogens is 128 g/mol. The molecule has 0 radical (unpaired) electrons. The second-order valence-corrected chi connectivity index (χ2v) is 2.94. The van der Waals surface area contributed by atoms with Gasteiger partial charge in [0, 0.05) is 13.1 Å². The molecule has 3 nitrogen and oxygen atoms in total. The molecule has 58 valence electrons. The molecule has 1 heterocycles. The number of amides is 1. The smallest absolute Gasteiger partial charge is 0.207 e. The van der Waals surface area contributed by atoms with Crippen molar-refractivity contribution < 1.29 is 4.79 Å². The highest BCUT2D eigenvalue weighted by Gasteiger charge is 2.18. The molecule has 0 saturated carbocycles. The Hall–Kier alpha value is -0.570. The average Bonchev–Trinajstić information content (AvgIpc) is 2.31. The van der Waals surface area contributed by atoms with Crippen LogP contribution in [0.3, 0.4) is 0 Å². The van der Waals surface area contributed by atoms with Gasteiger partial charge in [0.1, 0.15) is 0 Å². The molecule has 3 heteroatoms. The van der Waals surface area contributed by atoms with Gasteiger partial charge in [0.2, 0.25) is 6.41 Å². The van der Waals surface area contributed by atoms with Crippen molar-refractivity contribution in [2.24, 2.45) is 5.92 Å². The van der Waals surface area contributed by atoms with Crippen LogP contribution in [-0.2, 0) is 4.79 Å². The fraction of sp³-hybridized carbons (Fsp3) is 0.857. The lowest BCUT2D eigenvalue weighted by atomic mass is 10.1. The Bertz CT molecular complexity index is 116. The van der Waals surface area contributed by atoms with E-state index < -0.39 is 0 Å². The summed E-state index contributed by atoms with van der Waals surface area (Å²) in [4.78, 5) is 12.2. The van der Waals surface area contributed by atoms with Crippen LogP contribution in [0.15, 0.2) is 0 Å². The summed E-state index contributed by atoms with van der Waals surface area (Å²) in [6.45, 7) is 3.14. The molecule has 0 spiro atoms. The number of nitrogens with zero attached hydrogens (tertiary/aromatic N) is 1. The highest BCUT2D eigenvalue weighted by atomic mass is 16.1. The first kappa shape index (κ1) is 7.54. The van der Waals surface area contributed by atoms with Crippen LogP contribution in [0.5, 0.6) is 0 Å². The topological polar surface area (TPSA) is 32.3 Å². The number of hydrogen-bond acceptors (Lipinski definition) is 2. The Morgan fingerprint density at radius 3 is 3.10 bits per heavy atom. The van der Waals surface area contributed by atoms with Crippen molar-refractivity contribution in [3.8, 4) is 0 Å². The maximum atomic E-state index is 9.92. The van der Waals surface area contributed by atoms with Crippen molar-refractivity contribution in [2.75, 3.05) is 26.7 Å². The van der Waals surface area contributed by atoms with Crippen LogP contribution in [-0.4, -0.2) is 38.0 Å². The highest BCUT2D eigenvalue weighted by molar-refractivity contribution is 5.45. The number of likely N-dealkylation sites (tertiary alicyclic amines) is 1. The summed E-state index contributed by atoms with van der Waals surface area (Å²) >= 11 is 0. The van der Waals surface area contributed by atoms with Gasteiger partial charge in [-0.2, -0.15) is 0 Å². The minimum atomic E-state index is 0.676. The molecular formula is C7H14N2O. The van der Waals surface area contributed by atoms with Gasteiger partial charge in [-0.1, -0.05) is 0 Å². The van der Waals surface area contributed by atoms with Gasteiger partial charge in [0.15, 0.2) is 0 Å². The number of carbonyl (C=O) groups is 1. The minimum absolute atomic E-state index is 0.676.